The van der Waals surface area contributed by atoms with Crippen LogP contribution < -0.4 is 15.8 Å². The van der Waals surface area contributed by atoms with Gasteiger partial charge in [0.15, 0.2) is 17.3 Å². The molecule has 13 heteroatoms. The van der Waals surface area contributed by atoms with Crippen LogP contribution in [0.2, 0.25) is 0 Å². The molecule has 1 aromatic carbocycles. The Labute approximate surface area is 239 Å². The summed E-state index contributed by atoms with van der Waals surface area (Å²) in [5.41, 5.74) is 9.33. The van der Waals surface area contributed by atoms with Gasteiger partial charge in [0.05, 0.1) is 29.9 Å². The fraction of sp³-hybridized carbons (Fsp3) is 0.379. The summed E-state index contributed by atoms with van der Waals surface area (Å²) >= 11 is 0. The maximum Gasteiger partial charge on any atom is 0.272 e. The molecule has 6 rings (SSSR count). The van der Waals surface area contributed by atoms with Gasteiger partial charge in [-0.2, -0.15) is 5.10 Å². The van der Waals surface area contributed by atoms with E-state index in [9.17, 15) is 18.4 Å². The number of primary amides is 1. The lowest BCUT2D eigenvalue weighted by Gasteiger charge is -2.35. The van der Waals surface area contributed by atoms with Crippen molar-refractivity contribution in [3.63, 3.8) is 0 Å². The zero-order valence-electron chi connectivity index (χ0n) is 23.2. The molecular weight excluding hydrogens is 548 g/mol. The average molecular weight is 578 g/mol. The van der Waals surface area contributed by atoms with Gasteiger partial charge in [-0.1, -0.05) is 12.1 Å². The van der Waals surface area contributed by atoms with Gasteiger partial charge in [-0.05, 0) is 56.0 Å². The lowest BCUT2D eigenvalue weighted by Crippen LogP contribution is -2.33. The number of aromatic nitrogens is 5. The zero-order valence-corrected chi connectivity index (χ0v) is 23.2. The SMILES string of the molecule is Cc1n[nH]c(C)c1-c1ccc(NC(=O)CC2c3cc(F)cc(F)c3OCC23CC3CC(C)c2nonc2C(N)=O)cn1. The smallest absolute Gasteiger partial charge is 0.272 e. The van der Waals surface area contributed by atoms with Gasteiger partial charge in [-0.15, -0.1) is 0 Å². The summed E-state index contributed by atoms with van der Waals surface area (Å²) in [7, 11) is 0. The van der Waals surface area contributed by atoms with E-state index in [2.05, 4.69) is 30.8 Å². The maximum atomic E-state index is 14.7. The molecule has 218 valence electrons. The molecule has 2 amide bonds. The molecule has 4 aromatic rings. The molecule has 2 aliphatic rings. The summed E-state index contributed by atoms with van der Waals surface area (Å²) in [4.78, 5) is 29.6. The van der Waals surface area contributed by atoms with Gasteiger partial charge in [-0.25, -0.2) is 13.4 Å². The van der Waals surface area contributed by atoms with Crippen LogP contribution in [0.15, 0.2) is 35.1 Å². The summed E-state index contributed by atoms with van der Waals surface area (Å²) in [6.07, 6.45) is 2.75. The maximum absolute atomic E-state index is 14.7. The zero-order chi connectivity index (χ0) is 29.8. The first-order valence-corrected chi connectivity index (χ1v) is 13.6. The fourth-order valence-electron chi connectivity index (χ4n) is 6.41. The Morgan fingerprint density at radius 2 is 2.05 bits per heavy atom. The highest BCUT2D eigenvalue weighted by atomic mass is 19.1. The molecule has 1 aliphatic heterocycles. The summed E-state index contributed by atoms with van der Waals surface area (Å²) in [5, 5.41) is 17.5. The highest BCUT2D eigenvalue weighted by Gasteiger charge is 2.62. The predicted molar refractivity (Wildman–Crippen MR) is 146 cm³/mol. The van der Waals surface area contributed by atoms with Gasteiger partial charge in [0.2, 0.25) is 5.91 Å². The Morgan fingerprint density at radius 3 is 2.74 bits per heavy atom. The van der Waals surface area contributed by atoms with Crippen LogP contribution in [0, 0.1) is 36.8 Å². The number of nitrogens with one attached hydrogen (secondary N) is 2. The van der Waals surface area contributed by atoms with E-state index in [1.165, 1.54) is 6.07 Å². The van der Waals surface area contributed by atoms with Crippen molar-refractivity contribution < 1.29 is 27.7 Å². The average Bonchev–Trinajstić information content (AvgIpc) is 3.23. The first-order valence-electron chi connectivity index (χ1n) is 13.6. The first-order chi connectivity index (χ1) is 20.1. The van der Waals surface area contributed by atoms with Crippen molar-refractivity contribution in [3.8, 4) is 17.0 Å². The minimum absolute atomic E-state index is 0.0181. The molecule has 0 radical (unpaired) electrons. The van der Waals surface area contributed by atoms with Crippen LogP contribution >= 0.6 is 0 Å². The molecule has 0 saturated heterocycles. The molecule has 4 atom stereocenters. The Bertz CT molecular complexity index is 1670. The topological polar surface area (TPSA) is 162 Å². The third-order valence-corrected chi connectivity index (χ3v) is 8.54. The number of benzene rings is 1. The van der Waals surface area contributed by atoms with Crippen molar-refractivity contribution >= 4 is 17.5 Å². The number of fused-ring (bicyclic) bond motifs is 1. The summed E-state index contributed by atoms with van der Waals surface area (Å²) in [6, 6.07) is 5.58. The predicted octanol–water partition coefficient (Wildman–Crippen LogP) is 4.55. The summed E-state index contributed by atoms with van der Waals surface area (Å²) in [5.74, 6) is -3.38. The number of anilines is 1. The van der Waals surface area contributed by atoms with E-state index in [0.717, 1.165) is 28.7 Å². The van der Waals surface area contributed by atoms with Crippen LogP contribution in [0.25, 0.3) is 11.3 Å². The number of H-pyrrole nitrogens is 1. The number of pyridine rings is 1. The molecule has 1 fully saturated rings. The molecule has 42 heavy (non-hydrogen) atoms. The van der Waals surface area contributed by atoms with Crippen molar-refractivity contribution in [1.29, 1.82) is 0 Å². The van der Waals surface area contributed by atoms with Crippen molar-refractivity contribution in [2.45, 2.75) is 51.9 Å². The molecule has 4 heterocycles. The number of aryl methyl sites for hydroxylation is 2. The van der Waals surface area contributed by atoms with E-state index in [0.29, 0.717) is 29.8 Å². The first kappa shape index (κ1) is 27.5. The van der Waals surface area contributed by atoms with Gasteiger partial charge in [0.25, 0.3) is 5.91 Å². The Morgan fingerprint density at radius 1 is 1.24 bits per heavy atom. The van der Waals surface area contributed by atoms with Gasteiger partial charge in [-0.3, -0.25) is 19.7 Å². The largest absolute Gasteiger partial charge is 0.490 e. The third kappa shape index (κ3) is 4.78. The normalized spacial score (nSPS) is 21.5. The number of carbonyl (C=O) groups excluding carboxylic acids is 2. The van der Waals surface area contributed by atoms with Crippen LogP contribution in [-0.2, 0) is 4.79 Å². The molecule has 3 aromatic heterocycles. The lowest BCUT2D eigenvalue weighted by molar-refractivity contribution is -0.117. The number of halogens is 2. The number of carbonyl (C=O) groups is 2. The number of rotatable bonds is 8. The summed E-state index contributed by atoms with van der Waals surface area (Å²) < 4.78 is 39.7. The van der Waals surface area contributed by atoms with Gasteiger partial charge < -0.3 is 15.8 Å². The summed E-state index contributed by atoms with van der Waals surface area (Å²) in [6.45, 7) is 5.83. The second kappa shape index (κ2) is 10.3. The Balaban J connectivity index is 1.23. The molecule has 4 N–H and O–H groups in total. The molecule has 4 unspecified atom stereocenters. The Hall–Kier alpha value is -4.68. The van der Waals surface area contributed by atoms with E-state index in [1.807, 2.05) is 20.8 Å². The second-order valence-electron chi connectivity index (χ2n) is 11.3. The second-order valence-corrected chi connectivity index (χ2v) is 11.3. The molecule has 1 spiro atoms. The van der Waals surface area contributed by atoms with E-state index in [4.69, 9.17) is 15.1 Å². The minimum Gasteiger partial charge on any atom is -0.490 e. The molecule has 11 nitrogen and oxygen atoms in total. The van der Waals surface area contributed by atoms with Crippen LogP contribution in [0.3, 0.4) is 0 Å². The number of amides is 2. The molecule has 1 saturated carbocycles. The van der Waals surface area contributed by atoms with Crippen molar-refractivity contribution in [2.24, 2.45) is 17.1 Å². The van der Waals surface area contributed by atoms with Gasteiger partial charge in [0, 0.05) is 46.6 Å². The third-order valence-electron chi connectivity index (χ3n) is 8.54. The number of aromatic amines is 1. The van der Waals surface area contributed by atoms with Crippen molar-refractivity contribution in [3.05, 3.63) is 70.4 Å². The van der Waals surface area contributed by atoms with E-state index in [-0.39, 0.29) is 42.2 Å². The molecular formula is C29H29F2N7O4. The van der Waals surface area contributed by atoms with Crippen LogP contribution in [-0.4, -0.2) is 43.9 Å². The van der Waals surface area contributed by atoms with Crippen molar-refractivity contribution in [2.75, 3.05) is 11.9 Å². The number of nitrogens with two attached hydrogens (primary N) is 1. The van der Waals surface area contributed by atoms with Crippen LogP contribution in [0.4, 0.5) is 14.5 Å². The number of hydrogen-bond donors (Lipinski definition) is 3. The number of ether oxygens (including phenoxy) is 1. The molecule has 1 aliphatic carbocycles. The monoisotopic (exact) mass is 577 g/mol. The molecule has 0 bridgehead atoms. The van der Waals surface area contributed by atoms with Gasteiger partial charge >= 0.3 is 0 Å². The van der Waals surface area contributed by atoms with E-state index < -0.39 is 28.9 Å². The van der Waals surface area contributed by atoms with Gasteiger partial charge in [0.1, 0.15) is 11.5 Å². The van der Waals surface area contributed by atoms with Crippen LogP contribution in [0.5, 0.6) is 5.75 Å². The minimum atomic E-state index is -0.805. The Kier molecular flexibility index (Phi) is 6.74. The highest BCUT2D eigenvalue weighted by molar-refractivity contribution is 5.92. The standard InChI is InChI=1S/C29H29F2N7O4/c1-13(25-26(28(32)40)38-42-37-25)6-16-10-29(16)12-41-27-19(7-17(30)8-21(27)31)20(29)9-23(39)34-18-4-5-22(33-11-18)24-14(2)35-36-15(24)3/h4-5,7-8,11,13,16,20H,6,9-10,12H2,1-3H3,(H2,32,40)(H,34,39)(H,35,36). The quantitative estimate of drug-likeness (QED) is 0.275. The lowest BCUT2D eigenvalue weighted by atomic mass is 9.76. The van der Waals surface area contributed by atoms with Crippen molar-refractivity contribution in [1.82, 2.24) is 25.5 Å². The van der Waals surface area contributed by atoms with Crippen LogP contribution in [0.1, 0.15) is 71.2 Å². The highest BCUT2D eigenvalue weighted by Crippen LogP contribution is 2.67. The fourth-order valence-corrected chi connectivity index (χ4v) is 6.41. The number of nitrogens with zero attached hydrogens (tertiary/aromatic N) is 4. The van der Waals surface area contributed by atoms with E-state index in [1.54, 1.807) is 18.3 Å². The van der Waals surface area contributed by atoms with E-state index >= 15 is 0 Å². The number of hydrogen-bond acceptors (Lipinski definition) is 8.